The summed E-state index contributed by atoms with van der Waals surface area (Å²) in [5, 5.41) is 6.91. The summed E-state index contributed by atoms with van der Waals surface area (Å²) in [6.07, 6.45) is 0. The van der Waals surface area contributed by atoms with Gasteiger partial charge in [-0.2, -0.15) is 0 Å². The number of hydrogen-bond donors (Lipinski definition) is 2. The molecule has 3 heteroatoms. The van der Waals surface area contributed by atoms with E-state index in [-0.39, 0.29) is 0 Å². The molecule has 0 atom stereocenters. The first kappa shape index (κ1) is 16.0. The van der Waals surface area contributed by atoms with Gasteiger partial charge < -0.3 is 15.4 Å². The van der Waals surface area contributed by atoms with E-state index in [2.05, 4.69) is 51.3 Å². The molecule has 108 valence electrons. The molecule has 0 bridgehead atoms. The minimum absolute atomic E-state index is 0.550. The van der Waals surface area contributed by atoms with Gasteiger partial charge in [0, 0.05) is 25.7 Å². The summed E-state index contributed by atoms with van der Waals surface area (Å²) >= 11 is 0. The second-order valence-electron chi connectivity index (χ2n) is 5.41. The smallest absolute Gasteiger partial charge is 0.122 e. The van der Waals surface area contributed by atoms with E-state index in [9.17, 15) is 0 Å². The Morgan fingerprint density at radius 3 is 2.37 bits per heavy atom. The van der Waals surface area contributed by atoms with Gasteiger partial charge in [-0.1, -0.05) is 13.8 Å². The molecule has 0 aliphatic rings. The number of methoxy groups -OCH3 is 1. The molecule has 1 rings (SSSR count). The average Bonchev–Trinajstić information content (AvgIpc) is 2.36. The number of nitrogens with one attached hydrogen (secondary N) is 2. The molecular weight excluding hydrogens is 236 g/mol. The van der Waals surface area contributed by atoms with Gasteiger partial charge in [0.2, 0.25) is 0 Å². The van der Waals surface area contributed by atoms with E-state index in [0.29, 0.717) is 6.04 Å². The molecule has 0 aliphatic heterocycles. The summed E-state index contributed by atoms with van der Waals surface area (Å²) in [5.41, 5.74) is 5.26. The Bertz CT molecular complexity index is 414. The molecule has 0 fully saturated rings. The molecule has 2 N–H and O–H groups in total. The molecule has 0 radical (unpaired) electrons. The highest BCUT2D eigenvalue weighted by atomic mass is 16.5. The van der Waals surface area contributed by atoms with Crippen LogP contribution in [0, 0.1) is 20.8 Å². The van der Waals surface area contributed by atoms with Crippen LogP contribution in [-0.4, -0.2) is 26.2 Å². The van der Waals surface area contributed by atoms with Gasteiger partial charge in [-0.15, -0.1) is 0 Å². The molecule has 0 saturated heterocycles. The summed E-state index contributed by atoms with van der Waals surface area (Å²) in [4.78, 5) is 0. The molecule has 0 aliphatic carbocycles. The third kappa shape index (κ3) is 4.51. The summed E-state index contributed by atoms with van der Waals surface area (Å²) in [7, 11) is 1.73. The Balaban J connectivity index is 2.61. The molecule has 0 aromatic heterocycles. The van der Waals surface area contributed by atoms with Crippen molar-refractivity contribution in [1.82, 2.24) is 10.6 Å². The first-order valence-electron chi connectivity index (χ1n) is 7.05. The molecule has 0 spiro atoms. The quantitative estimate of drug-likeness (QED) is 0.743. The lowest BCUT2D eigenvalue weighted by Gasteiger charge is -2.17. The minimum Gasteiger partial charge on any atom is -0.496 e. The molecule has 1 aromatic rings. The fraction of sp³-hybridized carbons (Fsp3) is 0.625. The summed E-state index contributed by atoms with van der Waals surface area (Å²) in [6.45, 7) is 13.7. The predicted octanol–water partition coefficient (Wildman–Crippen LogP) is 2.71. The Morgan fingerprint density at radius 1 is 1.11 bits per heavy atom. The van der Waals surface area contributed by atoms with Crippen LogP contribution in [0.2, 0.25) is 0 Å². The lowest BCUT2D eigenvalue weighted by molar-refractivity contribution is 0.410. The van der Waals surface area contributed by atoms with Crippen molar-refractivity contribution in [3.05, 3.63) is 28.3 Å². The van der Waals surface area contributed by atoms with Gasteiger partial charge in [-0.3, -0.25) is 0 Å². The third-order valence-electron chi connectivity index (χ3n) is 3.58. The summed E-state index contributed by atoms with van der Waals surface area (Å²) in [5.74, 6) is 0.986. The minimum atomic E-state index is 0.550. The molecule has 3 nitrogen and oxygen atoms in total. The van der Waals surface area contributed by atoms with Crippen LogP contribution in [-0.2, 0) is 6.54 Å². The Morgan fingerprint density at radius 2 is 1.79 bits per heavy atom. The zero-order valence-electron chi connectivity index (χ0n) is 13.2. The number of ether oxygens (including phenoxy) is 1. The van der Waals surface area contributed by atoms with Gasteiger partial charge in [0.05, 0.1) is 7.11 Å². The fourth-order valence-corrected chi connectivity index (χ4v) is 2.25. The van der Waals surface area contributed by atoms with Crippen molar-refractivity contribution in [3.63, 3.8) is 0 Å². The van der Waals surface area contributed by atoms with Crippen LogP contribution in [0.25, 0.3) is 0 Å². The molecular formula is C16H28N2O. The topological polar surface area (TPSA) is 33.3 Å². The number of aryl methyl sites for hydroxylation is 1. The zero-order chi connectivity index (χ0) is 14.4. The average molecular weight is 264 g/mol. The lowest BCUT2D eigenvalue weighted by Crippen LogP contribution is -2.31. The molecule has 0 saturated carbocycles. The number of benzene rings is 1. The van der Waals surface area contributed by atoms with E-state index in [0.717, 1.165) is 25.4 Å². The molecule has 0 amide bonds. The van der Waals surface area contributed by atoms with Crippen LogP contribution < -0.4 is 15.4 Å². The van der Waals surface area contributed by atoms with Crippen molar-refractivity contribution in [2.45, 2.75) is 47.2 Å². The maximum absolute atomic E-state index is 5.40. The van der Waals surface area contributed by atoms with E-state index in [1.165, 1.54) is 22.3 Å². The highest BCUT2D eigenvalue weighted by Crippen LogP contribution is 2.27. The first-order chi connectivity index (χ1) is 8.97. The van der Waals surface area contributed by atoms with Crippen molar-refractivity contribution in [3.8, 4) is 5.75 Å². The normalized spacial score (nSPS) is 11.1. The zero-order valence-corrected chi connectivity index (χ0v) is 13.2. The van der Waals surface area contributed by atoms with Crippen molar-refractivity contribution in [1.29, 1.82) is 0 Å². The standard InChI is InChI=1S/C16H28N2O/c1-11(2)18-8-7-17-10-15-12(3)9-16(19-6)14(5)13(15)4/h9,11,17-18H,7-8,10H2,1-6H3. The SMILES string of the molecule is COc1cc(C)c(CNCCNC(C)C)c(C)c1C. The summed E-state index contributed by atoms with van der Waals surface area (Å²) < 4.78 is 5.40. The highest BCUT2D eigenvalue weighted by molar-refractivity contribution is 5.48. The summed E-state index contributed by atoms with van der Waals surface area (Å²) in [6, 6.07) is 2.68. The second kappa shape index (κ2) is 7.51. The van der Waals surface area contributed by atoms with Gasteiger partial charge in [-0.05, 0) is 49.1 Å². The maximum atomic E-state index is 5.40. The van der Waals surface area contributed by atoms with Crippen LogP contribution in [0.4, 0.5) is 0 Å². The lowest BCUT2D eigenvalue weighted by atomic mass is 9.97. The predicted molar refractivity (Wildman–Crippen MR) is 82.1 cm³/mol. The van der Waals surface area contributed by atoms with E-state index < -0.39 is 0 Å². The van der Waals surface area contributed by atoms with Gasteiger partial charge >= 0.3 is 0 Å². The third-order valence-corrected chi connectivity index (χ3v) is 3.58. The maximum Gasteiger partial charge on any atom is 0.122 e. The molecule has 1 aromatic carbocycles. The van der Waals surface area contributed by atoms with E-state index in [4.69, 9.17) is 4.74 Å². The van der Waals surface area contributed by atoms with Crippen molar-refractivity contribution < 1.29 is 4.74 Å². The Kier molecular flexibility index (Phi) is 6.32. The van der Waals surface area contributed by atoms with Gasteiger partial charge in [0.1, 0.15) is 5.75 Å². The van der Waals surface area contributed by atoms with Crippen LogP contribution in [0.1, 0.15) is 36.1 Å². The van der Waals surface area contributed by atoms with Crippen molar-refractivity contribution >= 4 is 0 Å². The number of rotatable bonds is 7. The van der Waals surface area contributed by atoms with Crippen LogP contribution >= 0.6 is 0 Å². The van der Waals surface area contributed by atoms with Crippen molar-refractivity contribution in [2.24, 2.45) is 0 Å². The van der Waals surface area contributed by atoms with Gasteiger partial charge in [0.15, 0.2) is 0 Å². The van der Waals surface area contributed by atoms with Crippen LogP contribution in [0.3, 0.4) is 0 Å². The van der Waals surface area contributed by atoms with Crippen LogP contribution in [0.15, 0.2) is 6.07 Å². The highest BCUT2D eigenvalue weighted by Gasteiger charge is 2.10. The van der Waals surface area contributed by atoms with Gasteiger partial charge in [-0.25, -0.2) is 0 Å². The second-order valence-corrected chi connectivity index (χ2v) is 5.41. The Hall–Kier alpha value is -1.06. The number of hydrogen-bond acceptors (Lipinski definition) is 3. The fourth-order valence-electron chi connectivity index (χ4n) is 2.25. The van der Waals surface area contributed by atoms with Crippen molar-refractivity contribution in [2.75, 3.05) is 20.2 Å². The van der Waals surface area contributed by atoms with E-state index in [1.54, 1.807) is 7.11 Å². The van der Waals surface area contributed by atoms with E-state index in [1.807, 2.05) is 0 Å². The largest absolute Gasteiger partial charge is 0.496 e. The molecule has 19 heavy (non-hydrogen) atoms. The van der Waals surface area contributed by atoms with E-state index >= 15 is 0 Å². The monoisotopic (exact) mass is 264 g/mol. The molecule has 0 unspecified atom stereocenters. The Labute approximate surface area is 117 Å². The first-order valence-corrected chi connectivity index (χ1v) is 7.05. The van der Waals surface area contributed by atoms with Crippen LogP contribution in [0.5, 0.6) is 5.75 Å². The molecule has 0 heterocycles. The van der Waals surface area contributed by atoms with Gasteiger partial charge in [0.25, 0.3) is 0 Å².